The molecule has 0 amide bonds. The number of ether oxygens (including phenoxy) is 1. The van der Waals surface area contributed by atoms with E-state index in [1.54, 1.807) is 0 Å². The molecule has 0 saturated carbocycles. The number of halogens is 1. The molecule has 0 atom stereocenters. The summed E-state index contributed by atoms with van der Waals surface area (Å²) >= 11 is 5.95. The predicted octanol–water partition coefficient (Wildman–Crippen LogP) is 3.07. The van der Waals surface area contributed by atoms with Gasteiger partial charge in [-0.15, -0.1) is 0 Å². The van der Waals surface area contributed by atoms with E-state index in [0.717, 1.165) is 17.8 Å². The van der Waals surface area contributed by atoms with Crippen molar-refractivity contribution in [2.45, 2.75) is 26.9 Å². The fourth-order valence-corrected chi connectivity index (χ4v) is 1.54. The van der Waals surface area contributed by atoms with Crippen molar-refractivity contribution < 1.29 is 4.74 Å². The Labute approximate surface area is 102 Å². The molecule has 0 bridgehead atoms. The highest BCUT2D eigenvalue weighted by atomic mass is 35.5. The van der Waals surface area contributed by atoms with E-state index < -0.39 is 0 Å². The quantitative estimate of drug-likeness (QED) is 0.616. The average molecular weight is 243 g/mol. The number of hydrogen-bond acceptors (Lipinski definition) is 3. The number of aryl methyl sites for hydroxylation is 1. The van der Waals surface area contributed by atoms with Crippen LogP contribution in [0.4, 0.5) is 11.4 Å². The van der Waals surface area contributed by atoms with Crippen LogP contribution in [0.15, 0.2) is 12.1 Å². The maximum Gasteiger partial charge on any atom is 0.0656 e. The third kappa shape index (κ3) is 3.91. The zero-order valence-electron chi connectivity index (χ0n) is 10.0. The van der Waals surface area contributed by atoms with E-state index in [1.807, 2.05) is 32.9 Å². The van der Waals surface area contributed by atoms with Crippen molar-refractivity contribution in [3.8, 4) is 0 Å². The molecule has 1 aromatic rings. The lowest BCUT2D eigenvalue weighted by atomic mass is 10.2. The fourth-order valence-electron chi connectivity index (χ4n) is 1.37. The lowest BCUT2D eigenvalue weighted by Gasteiger charge is -2.12. The number of nitrogens with one attached hydrogen (secondary N) is 1. The molecule has 0 aliphatic rings. The van der Waals surface area contributed by atoms with Crippen molar-refractivity contribution in [3.63, 3.8) is 0 Å². The SMILES string of the molecule is Cc1cc(N)c(Cl)cc1NCCOC(C)C. The molecule has 0 fully saturated rings. The summed E-state index contributed by atoms with van der Waals surface area (Å²) in [5.74, 6) is 0. The molecule has 1 rings (SSSR count). The molecule has 4 heteroatoms. The second-order valence-electron chi connectivity index (χ2n) is 4.03. The van der Waals surface area contributed by atoms with E-state index >= 15 is 0 Å². The Kier molecular flexibility index (Phi) is 4.90. The molecule has 0 unspecified atom stereocenters. The molecule has 3 N–H and O–H groups in total. The first-order valence-electron chi connectivity index (χ1n) is 5.41. The minimum absolute atomic E-state index is 0.262. The summed E-state index contributed by atoms with van der Waals surface area (Å²) in [6, 6.07) is 3.72. The fraction of sp³-hybridized carbons (Fsp3) is 0.500. The van der Waals surface area contributed by atoms with Crippen molar-refractivity contribution >= 4 is 23.0 Å². The Morgan fingerprint density at radius 1 is 1.44 bits per heavy atom. The van der Waals surface area contributed by atoms with Crippen LogP contribution in [0.5, 0.6) is 0 Å². The van der Waals surface area contributed by atoms with Crippen LogP contribution in [0.25, 0.3) is 0 Å². The van der Waals surface area contributed by atoms with Gasteiger partial charge in [0.2, 0.25) is 0 Å². The molecule has 0 spiro atoms. The maximum absolute atomic E-state index is 5.95. The number of anilines is 2. The van der Waals surface area contributed by atoms with Crippen LogP contribution in [-0.2, 0) is 4.74 Å². The molecule has 0 saturated heterocycles. The second kappa shape index (κ2) is 5.97. The zero-order valence-corrected chi connectivity index (χ0v) is 10.8. The van der Waals surface area contributed by atoms with E-state index in [1.165, 1.54) is 0 Å². The summed E-state index contributed by atoms with van der Waals surface area (Å²) < 4.78 is 5.44. The Hall–Kier alpha value is -0.930. The summed E-state index contributed by atoms with van der Waals surface area (Å²) in [5.41, 5.74) is 8.41. The van der Waals surface area contributed by atoms with E-state index in [0.29, 0.717) is 17.3 Å². The van der Waals surface area contributed by atoms with Gasteiger partial charge in [-0.1, -0.05) is 11.6 Å². The number of rotatable bonds is 5. The normalized spacial score (nSPS) is 10.8. The first kappa shape index (κ1) is 13.1. The van der Waals surface area contributed by atoms with E-state index in [-0.39, 0.29) is 6.10 Å². The molecule has 0 aromatic heterocycles. The number of nitrogens with two attached hydrogens (primary N) is 1. The molecule has 0 radical (unpaired) electrons. The summed E-state index contributed by atoms with van der Waals surface area (Å²) in [6.45, 7) is 7.48. The lowest BCUT2D eigenvalue weighted by molar-refractivity contribution is 0.0870. The van der Waals surface area contributed by atoms with Gasteiger partial charge in [-0.3, -0.25) is 0 Å². The third-order valence-electron chi connectivity index (χ3n) is 2.21. The molecule has 0 aliphatic heterocycles. The van der Waals surface area contributed by atoms with Crippen molar-refractivity contribution in [3.05, 3.63) is 22.7 Å². The van der Waals surface area contributed by atoms with E-state index in [4.69, 9.17) is 22.1 Å². The van der Waals surface area contributed by atoms with Crippen molar-refractivity contribution in [1.29, 1.82) is 0 Å². The van der Waals surface area contributed by atoms with Crippen LogP contribution >= 0.6 is 11.6 Å². The lowest BCUT2D eigenvalue weighted by Crippen LogP contribution is -2.13. The predicted molar refractivity (Wildman–Crippen MR) is 70.2 cm³/mol. The standard InChI is InChI=1S/C12H19ClN2O/c1-8(2)16-5-4-15-12-7-10(13)11(14)6-9(12)3/h6-8,15H,4-5,14H2,1-3H3. The van der Waals surface area contributed by atoms with Crippen LogP contribution in [0.3, 0.4) is 0 Å². The maximum atomic E-state index is 5.95. The van der Waals surface area contributed by atoms with Gasteiger partial charge in [0.15, 0.2) is 0 Å². The smallest absolute Gasteiger partial charge is 0.0656 e. The van der Waals surface area contributed by atoms with Gasteiger partial charge < -0.3 is 15.8 Å². The summed E-state index contributed by atoms with van der Waals surface area (Å²) in [4.78, 5) is 0. The summed E-state index contributed by atoms with van der Waals surface area (Å²) in [7, 11) is 0. The number of benzene rings is 1. The summed E-state index contributed by atoms with van der Waals surface area (Å²) in [6.07, 6.45) is 0.262. The van der Waals surface area contributed by atoms with Gasteiger partial charge in [-0.2, -0.15) is 0 Å². The molecular formula is C12H19ClN2O. The van der Waals surface area contributed by atoms with E-state index in [9.17, 15) is 0 Å². The highest BCUT2D eigenvalue weighted by Gasteiger charge is 2.03. The largest absolute Gasteiger partial charge is 0.398 e. The molecule has 0 aliphatic carbocycles. The first-order valence-corrected chi connectivity index (χ1v) is 5.79. The van der Waals surface area contributed by atoms with Gasteiger partial charge in [-0.25, -0.2) is 0 Å². The highest BCUT2D eigenvalue weighted by Crippen LogP contribution is 2.26. The second-order valence-corrected chi connectivity index (χ2v) is 4.44. The topological polar surface area (TPSA) is 47.3 Å². The van der Waals surface area contributed by atoms with Gasteiger partial charge in [0.05, 0.1) is 23.4 Å². The number of hydrogen-bond donors (Lipinski definition) is 2. The van der Waals surface area contributed by atoms with Crippen LogP contribution < -0.4 is 11.1 Å². The molecule has 90 valence electrons. The summed E-state index contributed by atoms with van der Waals surface area (Å²) in [5, 5.41) is 3.85. The van der Waals surface area contributed by atoms with Gasteiger partial charge in [0.25, 0.3) is 0 Å². The van der Waals surface area contributed by atoms with Crippen LogP contribution in [0.2, 0.25) is 5.02 Å². The van der Waals surface area contributed by atoms with Crippen molar-refractivity contribution in [1.82, 2.24) is 0 Å². The van der Waals surface area contributed by atoms with Gasteiger partial charge >= 0.3 is 0 Å². The monoisotopic (exact) mass is 242 g/mol. The van der Waals surface area contributed by atoms with Crippen molar-refractivity contribution in [2.75, 3.05) is 24.2 Å². The van der Waals surface area contributed by atoms with Crippen LogP contribution in [-0.4, -0.2) is 19.3 Å². The van der Waals surface area contributed by atoms with Gasteiger partial charge in [-0.05, 0) is 38.5 Å². The van der Waals surface area contributed by atoms with Crippen LogP contribution in [0.1, 0.15) is 19.4 Å². The first-order chi connectivity index (χ1) is 7.50. The molecule has 1 aromatic carbocycles. The number of nitrogen functional groups attached to an aromatic ring is 1. The third-order valence-corrected chi connectivity index (χ3v) is 2.54. The molecular weight excluding hydrogens is 224 g/mol. The van der Waals surface area contributed by atoms with Crippen LogP contribution in [0, 0.1) is 6.92 Å². The Bertz CT molecular complexity index is 353. The molecule has 3 nitrogen and oxygen atoms in total. The van der Waals surface area contributed by atoms with E-state index in [2.05, 4.69) is 5.32 Å². The average Bonchev–Trinajstić information content (AvgIpc) is 2.19. The van der Waals surface area contributed by atoms with Gasteiger partial charge in [0.1, 0.15) is 0 Å². The zero-order chi connectivity index (χ0) is 12.1. The minimum atomic E-state index is 0.262. The Morgan fingerprint density at radius 3 is 2.75 bits per heavy atom. The molecule has 0 heterocycles. The van der Waals surface area contributed by atoms with Crippen molar-refractivity contribution in [2.24, 2.45) is 0 Å². The van der Waals surface area contributed by atoms with Gasteiger partial charge in [0, 0.05) is 12.2 Å². The highest BCUT2D eigenvalue weighted by molar-refractivity contribution is 6.33. The Morgan fingerprint density at radius 2 is 2.12 bits per heavy atom. The molecule has 16 heavy (non-hydrogen) atoms. The Balaban J connectivity index is 2.51. The minimum Gasteiger partial charge on any atom is -0.398 e.